The van der Waals surface area contributed by atoms with Crippen LogP contribution in [-0.4, -0.2) is 17.8 Å². The number of hydrogen-bond acceptors (Lipinski definition) is 4. The average molecular weight is 428 g/mol. The summed E-state index contributed by atoms with van der Waals surface area (Å²) in [5.74, 6) is -2.70. The molecule has 2 atom stereocenters. The van der Waals surface area contributed by atoms with Crippen LogP contribution in [0.25, 0.3) is 0 Å². The number of amides is 2. The zero-order valence-electron chi connectivity index (χ0n) is 15.2. The molecule has 0 radical (unpaired) electrons. The summed E-state index contributed by atoms with van der Waals surface area (Å²) in [6.45, 7) is 5.49. The number of halogens is 1. The predicted molar refractivity (Wildman–Crippen MR) is 103 cm³/mol. The average Bonchev–Trinajstić information content (AvgIpc) is 2.61. The van der Waals surface area contributed by atoms with Gasteiger partial charge >= 0.3 is 5.97 Å². The van der Waals surface area contributed by atoms with Crippen molar-refractivity contribution in [3.05, 3.63) is 58.1 Å². The standard InChI is InChI=1S/C21H18BrNO4/c1-11-4-7-13(8-5-11)23-18(24)16-17(21(2,3)20(23)26)14-10-12(22)6-9-15(14)27-19(16)25/h4-10,16-17H,1-3H3/t16-,17-/m0/s1. The van der Waals surface area contributed by atoms with Crippen molar-refractivity contribution in [3.8, 4) is 5.75 Å². The Labute approximate surface area is 165 Å². The summed E-state index contributed by atoms with van der Waals surface area (Å²) in [6.07, 6.45) is 0. The van der Waals surface area contributed by atoms with E-state index in [0.717, 1.165) is 14.9 Å². The number of nitrogens with zero attached hydrogens (tertiary/aromatic N) is 1. The van der Waals surface area contributed by atoms with Gasteiger partial charge in [0.05, 0.1) is 11.1 Å². The second-order valence-corrected chi connectivity index (χ2v) is 8.51. The summed E-state index contributed by atoms with van der Waals surface area (Å²) in [6, 6.07) is 12.4. The maximum Gasteiger partial charge on any atom is 0.324 e. The van der Waals surface area contributed by atoms with Crippen LogP contribution in [0.3, 0.4) is 0 Å². The molecular formula is C21H18BrNO4. The number of esters is 1. The van der Waals surface area contributed by atoms with Crippen LogP contribution in [0.5, 0.6) is 5.75 Å². The van der Waals surface area contributed by atoms with Gasteiger partial charge in [0.15, 0.2) is 0 Å². The molecule has 2 aromatic carbocycles. The van der Waals surface area contributed by atoms with Gasteiger partial charge in [0.25, 0.3) is 0 Å². The van der Waals surface area contributed by atoms with Crippen LogP contribution in [0, 0.1) is 18.3 Å². The van der Waals surface area contributed by atoms with Crippen molar-refractivity contribution in [1.29, 1.82) is 0 Å². The van der Waals surface area contributed by atoms with Gasteiger partial charge in [-0.25, -0.2) is 4.90 Å². The van der Waals surface area contributed by atoms with Gasteiger partial charge in [0.2, 0.25) is 11.8 Å². The molecule has 0 N–H and O–H groups in total. The van der Waals surface area contributed by atoms with E-state index in [1.807, 2.05) is 25.1 Å². The van der Waals surface area contributed by atoms with Crippen LogP contribution in [0.4, 0.5) is 5.69 Å². The lowest BCUT2D eigenvalue weighted by Crippen LogP contribution is -2.61. The number of ether oxygens (including phenoxy) is 1. The fourth-order valence-electron chi connectivity index (χ4n) is 3.99. The molecule has 27 heavy (non-hydrogen) atoms. The summed E-state index contributed by atoms with van der Waals surface area (Å²) in [5.41, 5.74) is 1.22. The molecule has 0 aromatic heterocycles. The Balaban J connectivity index is 1.88. The van der Waals surface area contributed by atoms with E-state index in [0.29, 0.717) is 17.0 Å². The van der Waals surface area contributed by atoms with Crippen LogP contribution in [0.15, 0.2) is 46.9 Å². The first-order valence-electron chi connectivity index (χ1n) is 8.68. The number of imide groups is 1. The molecule has 2 aliphatic rings. The SMILES string of the molecule is Cc1ccc(N2C(=O)[C@H]3C(=O)Oc4ccc(Br)cc4[C@@H]3C(C)(C)C2=O)cc1. The van der Waals surface area contributed by atoms with Crippen molar-refractivity contribution in [2.45, 2.75) is 26.7 Å². The highest BCUT2D eigenvalue weighted by Gasteiger charge is 2.59. The molecule has 5 nitrogen and oxygen atoms in total. The lowest BCUT2D eigenvalue weighted by Gasteiger charge is -2.47. The van der Waals surface area contributed by atoms with Crippen molar-refractivity contribution in [3.63, 3.8) is 0 Å². The van der Waals surface area contributed by atoms with Gasteiger partial charge in [-0.1, -0.05) is 47.5 Å². The van der Waals surface area contributed by atoms with Gasteiger partial charge < -0.3 is 4.74 Å². The maximum absolute atomic E-state index is 13.3. The molecule has 1 fully saturated rings. The topological polar surface area (TPSA) is 63.7 Å². The van der Waals surface area contributed by atoms with Crippen LogP contribution >= 0.6 is 15.9 Å². The third-order valence-corrected chi connectivity index (χ3v) is 5.91. The molecule has 0 spiro atoms. The van der Waals surface area contributed by atoms with Crippen molar-refractivity contribution in [2.75, 3.05) is 4.90 Å². The number of hydrogen-bond donors (Lipinski definition) is 0. The van der Waals surface area contributed by atoms with Crippen molar-refractivity contribution < 1.29 is 19.1 Å². The molecule has 0 unspecified atom stereocenters. The number of rotatable bonds is 1. The third kappa shape index (κ3) is 2.62. The van der Waals surface area contributed by atoms with E-state index in [1.165, 1.54) is 0 Å². The zero-order chi connectivity index (χ0) is 19.5. The molecule has 0 aliphatic carbocycles. The Kier molecular flexibility index (Phi) is 4.00. The fourth-order valence-corrected chi connectivity index (χ4v) is 4.37. The Morgan fingerprint density at radius 1 is 1.04 bits per heavy atom. The lowest BCUT2D eigenvalue weighted by molar-refractivity contribution is -0.154. The van der Waals surface area contributed by atoms with E-state index in [9.17, 15) is 14.4 Å². The number of carbonyl (C=O) groups is 3. The summed E-state index contributed by atoms with van der Waals surface area (Å²) >= 11 is 3.42. The minimum Gasteiger partial charge on any atom is -0.426 e. The Morgan fingerprint density at radius 3 is 2.37 bits per heavy atom. The summed E-state index contributed by atoms with van der Waals surface area (Å²) < 4.78 is 6.24. The van der Waals surface area contributed by atoms with Crippen molar-refractivity contribution >= 4 is 39.4 Å². The number of anilines is 1. The fraction of sp³-hybridized carbons (Fsp3) is 0.286. The van der Waals surface area contributed by atoms with Crippen molar-refractivity contribution in [1.82, 2.24) is 0 Å². The second kappa shape index (κ2) is 6.02. The molecule has 2 aliphatic heterocycles. The molecule has 1 saturated heterocycles. The van der Waals surface area contributed by atoms with Crippen LogP contribution in [0.2, 0.25) is 0 Å². The van der Waals surface area contributed by atoms with Gasteiger partial charge in [-0.05, 0) is 37.3 Å². The Morgan fingerprint density at radius 2 is 1.70 bits per heavy atom. The Hall–Kier alpha value is -2.47. The van der Waals surface area contributed by atoms with Gasteiger partial charge in [-0.15, -0.1) is 0 Å². The third-order valence-electron chi connectivity index (χ3n) is 5.42. The number of fused-ring (bicyclic) bond motifs is 3. The highest BCUT2D eigenvalue weighted by Crippen LogP contribution is 2.53. The molecule has 6 heteroatoms. The smallest absolute Gasteiger partial charge is 0.324 e. The van der Waals surface area contributed by atoms with E-state index in [1.54, 1.807) is 38.1 Å². The van der Waals surface area contributed by atoms with Gasteiger partial charge in [-0.3, -0.25) is 14.4 Å². The minimum absolute atomic E-state index is 0.321. The Bertz CT molecular complexity index is 980. The molecule has 2 amide bonds. The number of carbonyl (C=O) groups excluding carboxylic acids is 3. The molecule has 4 rings (SSSR count). The van der Waals surface area contributed by atoms with Gasteiger partial charge in [0, 0.05) is 16.0 Å². The molecule has 2 heterocycles. The predicted octanol–water partition coefficient (Wildman–Crippen LogP) is 3.98. The summed E-state index contributed by atoms with van der Waals surface area (Å²) in [4.78, 5) is 40.4. The highest BCUT2D eigenvalue weighted by molar-refractivity contribution is 9.10. The number of benzene rings is 2. The first-order chi connectivity index (χ1) is 12.7. The molecule has 0 bridgehead atoms. The normalized spacial score (nSPS) is 23.6. The van der Waals surface area contributed by atoms with Gasteiger partial charge in [0.1, 0.15) is 11.7 Å². The minimum atomic E-state index is -1.05. The van der Waals surface area contributed by atoms with Crippen molar-refractivity contribution in [2.24, 2.45) is 11.3 Å². The second-order valence-electron chi connectivity index (χ2n) is 7.59. The lowest BCUT2D eigenvalue weighted by atomic mass is 9.63. The molecular weight excluding hydrogens is 410 g/mol. The first kappa shape index (κ1) is 17.9. The quantitative estimate of drug-likeness (QED) is 0.299. The highest BCUT2D eigenvalue weighted by atomic mass is 79.9. The van der Waals surface area contributed by atoms with Gasteiger partial charge in [-0.2, -0.15) is 0 Å². The summed E-state index contributed by atoms with van der Waals surface area (Å²) in [7, 11) is 0. The number of aryl methyl sites for hydroxylation is 1. The van der Waals surface area contributed by atoms with E-state index in [2.05, 4.69) is 15.9 Å². The van der Waals surface area contributed by atoms with E-state index < -0.39 is 29.1 Å². The van der Waals surface area contributed by atoms with E-state index in [-0.39, 0.29) is 5.91 Å². The van der Waals surface area contributed by atoms with E-state index in [4.69, 9.17) is 4.74 Å². The van der Waals surface area contributed by atoms with Crippen LogP contribution in [-0.2, 0) is 14.4 Å². The monoisotopic (exact) mass is 427 g/mol. The van der Waals surface area contributed by atoms with Crippen LogP contribution < -0.4 is 9.64 Å². The maximum atomic E-state index is 13.3. The molecule has 138 valence electrons. The number of piperidine rings is 1. The largest absolute Gasteiger partial charge is 0.426 e. The molecule has 2 aromatic rings. The van der Waals surface area contributed by atoms with E-state index >= 15 is 0 Å². The first-order valence-corrected chi connectivity index (χ1v) is 9.47. The zero-order valence-corrected chi connectivity index (χ0v) is 16.7. The molecule has 0 saturated carbocycles. The van der Waals surface area contributed by atoms with Crippen LogP contribution in [0.1, 0.15) is 30.9 Å². The summed E-state index contributed by atoms with van der Waals surface area (Å²) in [5, 5.41) is 0.